The number of amides is 1. The van der Waals surface area contributed by atoms with E-state index in [2.05, 4.69) is 5.32 Å². The van der Waals surface area contributed by atoms with Crippen LogP contribution in [0.25, 0.3) is 0 Å². The van der Waals surface area contributed by atoms with Crippen LogP contribution in [-0.2, 0) is 19.1 Å². The number of ketones is 1. The van der Waals surface area contributed by atoms with Crippen LogP contribution < -0.4 is 5.32 Å². The van der Waals surface area contributed by atoms with E-state index in [1.807, 2.05) is 11.8 Å². The number of ether oxygens (including phenoxy) is 1. The highest BCUT2D eigenvalue weighted by molar-refractivity contribution is 5.93. The summed E-state index contributed by atoms with van der Waals surface area (Å²) in [5.41, 5.74) is -10.9. The van der Waals surface area contributed by atoms with Gasteiger partial charge >= 0.3 is 5.97 Å². The number of nitrogens with one attached hydrogen (secondary N) is 1. The fourth-order valence-electron chi connectivity index (χ4n) is 12.5. The maximum atomic E-state index is 17.7. The molecule has 2 unspecified atom stereocenters. The molecule has 1 aliphatic heterocycles. The molecular weight excluding hydrogens is 782 g/mol. The third-order valence-electron chi connectivity index (χ3n) is 16.3. The Bertz CT molecular complexity index is 1710. The maximum Gasteiger partial charge on any atom is 0.311 e. The van der Waals surface area contributed by atoms with Gasteiger partial charge in [0.1, 0.15) is 23.6 Å². The second kappa shape index (κ2) is 17.0. The smallest absolute Gasteiger partial charge is 0.311 e. The van der Waals surface area contributed by atoms with Crippen molar-refractivity contribution in [1.82, 2.24) is 10.2 Å². The molecule has 60 heavy (non-hydrogen) atoms. The summed E-state index contributed by atoms with van der Waals surface area (Å²) < 4.78 is 39.2. The molecule has 0 aromatic carbocycles. The van der Waals surface area contributed by atoms with Gasteiger partial charge in [-0.2, -0.15) is 0 Å². The number of esters is 1. The van der Waals surface area contributed by atoms with Gasteiger partial charge in [0.25, 0.3) is 5.91 Å². The lowest BCUT2D eigenvalue weighted by atomic mass is 9.45. The van der Waals surface area contributed by atoms with E-state index >= 15 is 8.78 Å². The third kappa shape index (κ3) is 7.72. The Balaban J connectivity index is 1.35. The van der Waals surface area contributed by atoms with E-state index in [1.165, 1.54) is 46.8 Å². The van der Waals surface area contributed by atoms with E-state index in [4.69, 9.17) is 4.74 Å². The number of aliphatic hydroxyl groups excluding tert-OH is 4. The summed E-state index contributed by atoms with van der Waals surface area (Å²) in [4.78, 5) is 41.6. The van der Waals surface area contributed by atoms with Gasteiger partial charge in [0.15, 0.2) is 17.1 Å². The van der Waals surface area contributed by atoms with Crippen LogP contribution in [0.1, 0.15) is 114 Å². The number of fused-ring (bicyclic) bond motifs is 5. The van der Waals surface area contributed by atoms with Crippen LogP contribution >= 0.6 is 0 Å². The van der Waals surface area contributed by atoms with Crippen LogP contribution in [0, 0.1) is 46.3 Å². The fourth-order valence-corrected chi connectivity index (χ4v) is 12.5. The average molecular weight is 855 g/mol. The summed E-state index contributed by atoms with van der Waals surface area (Å²) in [5.74, 6) is -7.28. The van der Waals surface area contributed by atoms with Crippen molar-refractivity contribution in [1.29, 1.82) is 0 Å². The highest BCUT2D eigenvalue weighted by Crippen LogP contribution is 2.71. The summed E-state index contributed by atoms with van der Waals surface area (Å²) >= 11 is 0. The molecule has 0 aromatic heterocycles. The lowest BCUT2D eigenvalue weighted by molar-refractivity contribution is -0.217. The van der Waals surface area contributed by atoms with Crippen molar-refractivity contribution >= 4 is 17.7 Å². The molecule has 3 fully saturated rings. The minimum atomic E-state index is -2.34. The quantitative estimate of drug-likeness (QED) is 0.143. The van der Waals surface area contributed by atoms with Crippen molar-refractivity contribution in [3.8, 4) is 0 Å². The maximum absolute atomic E-state index is 17.7. The topological polar surface area (TPSA) is 217 Å². The van der Waals surface area contributed by atoms with Crippen LogP contribution in [0.15, 0.2) is 23.6 Å². The average Bonchev–Trinajstić information content (AvgIpc) is 3.38. The van der Waals surface area contributed by atoms with E-state index in [1.54, 1.807) is 27.7 Å². The molecule has 0 aromatic rings. The van der Waals surface area contributed by atoms with Gasteiger partial charge < -0.3 is 45.8 Å². The largest absolute Gasteiger partial charge is 0.459 e. The number of cyclic esters (lactones) is 1. The molecule has 0 spiro atoms. The monoisotopic (exact) mass is 855 g/mol. The molecule has 0 bridgehead atoms. The van der Waals surface area contributed by atoms with Gasteiger partial charge in [-0.15, -0.1) is 0 Å². The molecule has 8 N–H and O–H groups in total. The van der Waals surface area contributed by atoms with Crippen LogP contribution in [-0.4, -0.2) is 137 Å². The first-order valence-electron chi connectivity index (χ1n) is 22.0. The van der Waals surface area contributed by atoms with Crippen molar-refractivity contribution < 1.29 is 63.6 Å². The number of hydrogen-bond acceptors (Lipinski definition) is 12. The zero-order valence-electron chi connectivity index (χ0n) is 37.1. The molecule has 1 amide bonds. The molecule has 2 saturated carbocycles. The van der Waals surface area contributed by atoms with Crippen LogP contribution in [0.3, 0.4) is 0 Å². The van der Waals surface area contributed by atoms with Crippen LogP contribution in [0.5, 0.6) is 0 Å². The Morgan fingerprint density at radius 2 is 1.60 bits per heavy atom. The number of rotatable bonds is 6. The molecule has 18 atom stereocenters. The van der Waals surface area contributed by atoms with Crippen molar-refractivity contribution in [3.63, 3.8) is 0 Å². The second-order valence-electron chi connectivity index (χ2n) is 20.4. The van der Waals surface area contributed by atoms with Gasteiger partial charge in [0, 0.05) is 61.2 Å². The molecule has 5 aliphatic rings. The third-order valence-corrected chi connectivity index (χ3v) is 16.3. The van der Waals surface area contributed by atoms with Gasteiger partial charge in [-0.1, -0.05) is 40.7 Å². The van der Waals surface area contributed by atoms with Crippen molar-refractivity contribution in [2.45, 2.75) is 173 Å². The van der Waals surface area contributed by atoms with Crippen LogP contribution in [0.2, 0.25) is 0 Å². The Morgan fingerprint density at radius 1 is 0.967 bits per heavy atom. The van der Waals surface area contributed by atoms with E-state index < -0.39 is 117 Å². The molecule has 4 aliphatic carbocycles. The van der Waals surface area contributed by atoms with E-state index in [0.29, 0.717) is 0 Å². The summed E-state index contributed by atoms with van der Waals surface area (Å²) in [6, 6.07) is -0.763. The van der Waals surface area contributed by atoms with E-state index in [0.717, 1.165) is 0 Å². The number of allylic oxidation sites excluding steroid dienone is 4. The van der Waals surface area contributed by atoms with Gasteiger partial charge in [-0.25, -0.2) is 8.78 Å². The lowest BCUT2D eigenvalue weighted by Gasteiger charge is -2.62. The predicted molar refractivity (Wildman–Crippen MR) is 218 cm³/mol. The Morgan fingerprint density at radius 3 is 2.22 bits per heavy atom. The highest BCUT2D eigenvalue weighted by atomic mass is 19.1. The summed E-state index contributed by atoms with van der Waals surface area (Å²) in [7, 11) is 0. The van der Waals surface area contributed by atoms with Crippen LogP contribution in [0.4, 0.5) is 8.78 Å². The number of halogens is 2. The number of carbonyl (C=O) groups excluding carboxylic acids is 3. The molecule has 342 valence electrons. The number of alkyl halides is 1. The summed E-state index contributed by atoms with van der Waals surface area (Å²) in [6.07, 6.45) is -4.71. The standard InChI is InChI=1S/C45H72F2N2O11/c1-11-34-43(10,58)37(54)27(6)49(22-23(2)20-42(9,57)36(53)25(4)35(52)26(5)38(55)60-34)16-12-15-48-39(56)45(59)24(3)17-29-30-19-32(46)31-18-28(50)13-14-40(31,7)44(30,47)33(51)21-41(29,45)8/h13-14,23-27,29-30,33-37,51-54,57-59H,11-12,15-22H2,1-10H3,(H,48,56)/t23-,24-,25+,26-,27-,29?,30?,33+,34-,35+,36-,37-,40+,41+,42-,43-,44+,45+/m1/s1. The normalized spacial score (nSPS) is 49.6. The first-order valence-corrected chi connectivity index (χ1v) is 22.0. The zero-order valence-corrected chi connectivity index (χ0v) is 37.1. The Kier molecular flexibility index (Phi) is 13.8. The number of carbonyl (C=O) groups is 3. The predicted octanol–water partition coefficient (Wildman–Crippen LogP) is 3.05. The number of hydrogen-bond donors (Lipinski definition) is 8. The van der Waals surface area contributed by atoms with Gasteiger partial charge in [-0.3, -0.25) is 19.3 Å². The fraction of sp³-hybridized carbons (Fsp3) is 0.844. The molecule has 1 heterocycles. The van der Waals surface area contributed by atoms with E-state index in [9.17, 15) is 50.1 Å². The zero-order chi connectivity index (χ0) is 45.3. The molecule has 15 heteroatoms. The van der Waals surface area contributed by atoms with Crippen molar-refractivity contribution in [3.05, 3.63) is 23.6 Å². The first kappa shape index (κ1) is 48.7. The molecule has 5 rings (SSSR count). The SMILES string of the molecule is CC[C@H]1OC(=O)[C@H](C)[C@@H](O)[C@H](C)[C@@H](O)[C@](C)(O)C[C@@H](C)CN(CCCNC(=O)[C@@]2(O)[C@H](C)CC3C4CC(F)=C5CC(=O)C=C[C@]5(C)[C@@]4(F)[C@@H](O)C[C@@]32C)[C@H](C)[C@@H](O)[C@]1(C)O. The minimum absolute atomic E-state index is 0.0367. The second-order valence-corrected chi connectivity index (χ2v) is 20.4. The molecule has 1 saturated heterocycles. The van der Waals surface area contributed by atoms with Gasteiger partial charge in [0.05, 0.1) is 29.8 Å². The van der Waals surface area contributed by atoms with Gasteiger partial charge in [-0.05, 0) is 96.1 Å². The number of aliphatic hydroxyl groups is 7. The summed E-state index contributed by atoms with van der Waals surface area (Å²) in [5, 5.41) is 84.2. The number of nitrogens with zero attached hydrogens (tertiary/aromatic N) is 1. The Hall–Kier alpha value is -2.37. The summed E-state index contributed by atoms with van der Waals surface area (Å²) in [6.45, 7) is 16.5. The van der Waals surface area contributed by atoms with Crippen molar-refractivity contribution in [2.24, 2.45) is 46.3 Å². The lowest BCUT2D eigenvalue weighted by Crippen LogP contribution is -2.70. The molecule has 0 radical (unpaired) electrons. The minimum Gasteiger partial charge on any atom is -0.459 e. The van der Waals surface area contributed by atoms with E-state index in [-0.39, 0.29) is 81.9 Å². The van der Waals surface area contributed by atoms with Gasteiger partial charge in [0.2, 0.25) is 0 Å². The Labute approximate surface area is 353 Å². The molecule has 13 nitrogen and oxygen atoms in total. The van der Waals surface area contributed by atoms with Crippen molar-refractivity contribution in [2.75, 3.05) is 19.6 Å². The molecular formula is C45H72F2N2O11. The first-order chi connectivity index (χ1) is 27.6. The highest BCUT2D eigenvalue weighted by Gasteiger charge is 2.76.